The maximum atomic E-state index is 12.3. The zero-order valence-corrected chi connectivity index (χ0v) is 18.0. The van der Waals surface area contributed by atoms with E-state index in [1.807, 2.05) is 12.1 Å². The Morgan fingerprint density at radius 1 is 1.03 bits per heavy atom. The normalized spacial score (nSPS) is 24.8. The lowest BCUT2D eigenvalue weighted by atomic mass is 9.95. The molecule has 0 spiro atoms. The van der Waals surface area contributed by atoms with Gasteiger partial charge in [-0.05, 0) is 43.4 Å². The largest absolute Gasteiger partial charge is 0.394 e. The van der Waals surface area contributed by atoms with E-state index in [2.05, 4.69) is 16.0 Å². The number of hydrogen-bond acceptors (Lipinski definition) is 4. The van der Waals surface area contributed by atoms with Gasteiger partial charge in [0.2, 0.25) is 5.91 Å². The second-order valence-corrected chi connectivity index (χ2v) is 8.66. The number of halogens is 1. The smallest absolute Gasteiger partial charge is 0.315 e. The summed E-state index contributed by atoms with van der Waals surface area (Å²) in [6.45, 7) is 0.231. The van der Waals surface area contributed by atoms with Crippen molar-refractivity contribution in [3.63, 3.8) is 0 Å². The molecule has 3 rings (SSSR count). The van der Waals surface area contributed by atoms with Gasteiger partial charge in [0.15, 0.2) is 0 Å². The molecule has 1 aromatic rings. The first kappa shape index (κ1) is 22.8. The Morgan fingerprint density at radius 3 is 2.47 bits per heavy atom. The van der Waals surface area contributed by atoms with Crippen molar-refractivity contribution >= 4 is 23.5 Å². The van der Waals surface area contributed by atoms with Gasteiger partial charge in [0.25, 0.3) is 0 Å². The number of hydrogen-bond donors (Lipinski definition) is 4. The molecule has 2 fully saturated rings. The average Bonchev–Trinajstić information content (AvgIpc) is 2.75. The number of rotatable bonds is 7. The summed E-state index contributed by atoms with van der Waals surface area (Å²) in [4.78, 5) is 24.6. The number of ether oxygens (including phenoxy) is 1. The highest BCUT2D eigenvalue weighted by atomic mass is 35.5. The van der Waals surface area contributed by atoms with Crippen LogP contribution in [-0.2, 0) is 16.1 Å². The molecule has 0 radical (unpaired) electrons. The Kier molecular flexibility index (Phi) is 8.78. The molecule has 1 heterocycles. The predicted molar refractivity (Wildman–Crippen MR) is 115 cm³/mol. The summed E-state index contributed by atoms with van der Waals surface area (Å²) >= 11 is 5.87. The Hall–Kier alpha value is -1.83. The number of urea groups is 1. The molecule has 3 amide bonds. The van der Waals surface area contributed by atoms with Crippen LogP contribution in [0, 0.1) is 0 Å². The number of carbonyl (C=O) groups is 2. The van der Waals surface area contributed by atoms with Crippen molar-refractivity contribution in [1.82, 2.24) is 16.0 Å². The highest BCUT2D eigenvalue weighted by Gasteiger charge is 2.33. The van der Waals surface area contributed by atoms with E-state index >= 15 is 0 Å². The van der Waals surface area contributed by atoms with Crippen molar-refractivity contribution < 1.29 is 19.4 Å². The molecule has 1 saturated carbocycles. The van der Waals surface area contributed by atoms with Crippen molar-refractivity contribution in [1.29, 1.82) is 0 Å². The van der Waals surface area contributed by atoms with Gasteiger partial charge in [0.05, 0.1) is 25.2 Å². The second kappa shape index (κ2) is 11.5. The molecule has 0 bridgehead atoms. The third kappa shape index (κ3) is 7.15. The van der Waals surface area contributed by atoms with Gasteiger partial charge >= 0.3 is 6.03 Å². The third-order valence-electron chi connectivity index (χ3n) is 5.87. The van der Waals surface area contributed by atoms with Crippen molar-refractivity contribution in [2.75, 3.05) is 6.61 Å². The van der Waals surface area contributed by atoms with Crippen LogP contribution in [0.15, 0.2) is 24.3 Å². The molecule has 8 heteroatoms. The molecule has 0 unspecified atom stereocenters. The lowest BCUT2D eigenvalue weighted by molar-refractivity contribution is -0.130. The Bertz CT molecular complexity index is 694. The number of nitrogens with one attached hydrogen (secondary N) is 3. The van der Waals surface area contributed by atoms with Crippen LogP contribution in [0.4, 0.5) is 4.79 Å². The maximum absolute atomic E-state index is 12.3. The number of carbonyl (C=O) groups excluding carboxylic acids is 2. The van der Waals surface area contributed by atoms with Crippen LogP contribution in [0.3, 0.4) is 0 Å². The molecule has 1 saturated heterocycles. The average molecular weight is 438 g/mol. The molecule has 0 aromatic heterocycles. The fraction of sp³-hybridized carbons (Fsp3) is 0.636. The lowest BCUT2D eigenvalue weighted by Crippen LogP contribution is -2.55. The number of aliphatic hydroxyl groups excluding tert-OH is 1. The molecule has 1 aromatic carbocycles. The monoisotopic (exact) mass is 437 g/mol. The molecule has 30 heavy (non-hydrogen) atoms. The number of benzene rings is 1. The van der Waals surface area contributed by atoms with E-state index in [4.69, 9.17) is 16.3 Å². The minimum absolute atomic E-state index is 0.104. The van der Waals surface area contributed by atoms with Crippen LogP contribution in [0.5, 0.6) is 0 Å². The van der Waals surface area contributed by atoms with E-state index in [1.54, 1.807) is 12.1 Å². The van der Waals surface area contributed by atoms with Gasteiger partial charge in [-0.3, -0.25) is 4.79 Å². The van der Waals surface area contributed by atoms with Crippen LogP contribution >= 0.6 is 11.6 Å². The molecule has 3 atom stereocenters. The van der Waals surface area contributed by atoms with Crippen LogP contribution in [0.25, 0.3) is 0 Å². The second-order valence-electron chi connectivity index (χ2n) is 8.22. The molecule has 1 aliphatic carbocycles. The Balaban J connectivity index is 1.40. The molecule has 4 N–H and O–H groups in total. The van der Waals surface area contributed by atoms with Crippen molar-refractivity contribution in [2.45, 2.75) is 82.2 Å². The molecule has 166 valence electrons. The first-order valence-corrected chi connectivity index (χ1v) is 11.3. The zero-order chi connectivity index (χ0) is 21.3. The molecule has 2 aliphatic rings. The standard InChI is InChI=1S/C22H32ClN3O4/c23-16-8-6-15(7-9-16)13-24-21(28)12-18-10-11-19(20(14-27)30-18)26-22(29)25-17-4-2-1-3-5-17/h6-9,17-20,27H,1-5,10-14H2,(H,24,28)(H2,25,26,29)/t18-,19-,20-/m1/s1. The van der Waals surface area contributed by atoms with Gasteiger partial charge in [0, 0.05) is 17.6 Å². The van der Waals surface area contributed by atoms with Gasteiger partial charge in [-0.25, -0.2) is 4.79 Å². The zero-order valence-electron chi connectivity index (χ0n) is 17.2. The Morgan fingerprint density at radius 2 is 1.77 bits per heavy atom. The number of aliphatic hydroxyl groups is 1. The fourth-order valence-electron chi connectivity index (χ4n) is 4.17. The summed E-state index contributed by atoms with van der Waals surface area (Å²) in [6.07, 6.45) is 6.34. The van der Waals surface area contributed by atoms with Crippen molar-refractivity contribution in [3.8, 4) is 0 Å². The minimum Gasteiger partial charge on any atom is -0.394 e. The van der Waals surface area contributed by atoms with Crippen LogP contribution in [0.2, 0.25) is 5.02 Å². The minimum atomic E-state index is -0.509. The summed E-state index contributed by atoms with van der Waals surface area (Å²) in [6, 6.07) is 7.09. The van der Waals surface area contributed by atoms with E-state index in [1.165, 1.54) is 6.42 Å². The SMILES string of the molecule is O=C(C[C@H]1CC[C@@H](NC(=O)NC2CCCCC2)[C@@H](CO)O1)NCc1ccc(Cl)cc1. The third-order valence-corrected chi connectivity index (χ3v) is 6.12. The maximum Gasteiger partial charge on any atom is 0.315 e. The first-order chi connectivity index (χ1) is 14.5. The summed E-state index contributed by atoms with van der Waals surface area (Å²) in [5.74, 6) is -0.104. The van der Waals surface area contributed by atoms with Gasteiger partial charge in [0.1, 0.15) is 6.10 Å². The molecule has 7 nitrogen and oxygen atoms in total. The van der Waals surface area contributed by atoms with Gasteiger partial charge in [-0.15, -0.1) is 0 Å². The van der Waals surface area contributed by atoms with Crippen LogP contribution in [-0.4, -0.2) is 47.9 Å². The topological polar surface area (TPSA) is 99.7 Å². The summed E-state index contributed by atoms with van der Waals surface area (Å²) in [5, 5.41) is 19.2. The van der Waals surface area contributed by atoms with Crippen molar-refractivity contribution in [3.05, 3.63) is 34.9 Å². The highest BCUT2D eigenvalue weighted by molar-refractivity contribution is 6.30. The lowest BCUT2D eigenvalue weighted by Gasteiger charge is -2.36. The van der Waals surface area contributed by atoms with Crippen LogP contribution in [0.1, 0.15) is 56.9 Å². The molecular weight excluding hydrogens is 406 g/mol. The van der Waals surface area contributed by atoms with Gasteiger partial charge in [-0.2, -0.15) is 0 Å². The quantitative estimate of drug-likeness (QED) is 0.527. The van der Waals surface area contributed by atoms with E-state index in [0.29, 0.717) is 24.4 Å². The Labute approximate surface area is 182 Å². The summed E-state index contributed by atoms with van der Waals surface area (Å²) in [5.41, 5.74) is 0.971. The van der Waals surface area contributed by atoms with Crippen molar-refractivity contribution in [2.24, 2.45) is 0 Å². The van der Waals surface area contributed by atoms with E-state index < -0.39 is 6.10 Å². The van der Waals surface area contributed by atoms with Gasteiger partial charge < -0.3 is 25.8 Å². The van der Waals surface area contributed by atoms with Gasteiger partial charge in [-0.1, -0.05) is 43.0 Å². The predicted octanol–water partition coefficient (Wildman–Crippen LogP) is 2.89. The number of amides is 3. The molecule has 1 aliphatic heterocycles. The van der Waals surface area contributed by atoms with E-state index in [-0.39, 0.29) is 43.2 Å². The highest BCUT2D eigenvalue weighted by Crippen LogP contribution is 2.22. The summed E-state index contributed by atoms with van der Waals surface area (Å²) < 4.78 is 5.91. The van der Waals surface area contributed by atoms with E-state index in [0.717, 1.165) is 31.2 Å². The molecular formula is C22H32ClN3O4. The fourth-order valence-corrected chi connectivity index (χ4v) is 4.30. The summed E-state index contributed by atoms with van der Waals surface area (Å²) in [7, 11) is 0. The van der Waals surface area contributed by atoms with Crippen LogP contribution < -0.4 is 16.0 Å². The first-order valence-electron chi connectivity index (χ1n) is 10.9. The van der Waals surface area contributed by atoms with E-state index in [9.17, 15) is 14.7 Å².